The van der Waals surface area contributed by atoms with Gasteiger partial charge in [-0.15, -0.1) is 0 Å². The fourth-order valence-electron chi connectivity index (χ4n) is 1.38. The van der Waals surface area contributed by atoms with E-state index in [1.54, 1.807) is 0 Å². The van der Waals surface area contributed by atoms with Gasteiger partial charge >= 0.3 is 11.3 Å². The zero-order valence-corrected chi connectivity index (χ0v) is 10.8. The largest absolute Gasteiger partial charge is 0.358 e. The van der Waals surface area contributed by atoms with Gasteiger partial charge in [-0.05, 0) is 27.7 Å². The van der Waals surface area contributed by atoms with Crippen molar-refractivity contribution in [2.75, 3.05) is 26.2 Å². The summed E-state index contributed by atoms with van der Waals surface area (Å²) in [6.45, 7) is 9.59. The second-order valence-electron chi connectivity index (χ2n) is 3.90. The predicted octanol–water partition coefficient (Wildman–Crippen LogP) is 1.08. The number of rotatable bonds is 7. The van der Waals surface area contributed by atoms with Crippen LogP contribution < -0.4 is 0 Å². The third-order valence-corrected chi connectivity index (χ3v) is 4.18. The Bertz CT molecular complexity index is 208. The van der Waals surface area contributed by atoms with E-state index in [9.17, 15) is 14.0 Å². The molecule has 0 aromatic carbocycles. The molecule has 0 bridgehead atoms. The summed E-state index contributed by atoms with van der Waals surface area (Å²) in [5.74, 6) is 0. The average molecular weight is 239 g/mol. The Morgan fingerprint density at radius 2 is 1.80 bits per heavy atom. The van der Waals surface area contributed by atoms with Crippen LogP contribution in [0.15, 0.2) is 0 Å². The minimum absolute atomic E-state index is 0.0349. The van der Waals surface area contributed by atoms with Crippen molar-refractivity contribution >= 4 is 11.3 Å². The first-order valence-electron chi connectivity index (χ1n) is 5.32. The topological polar surface area (TPSA) is 60.8 Å². The van der Waals surface area contributed by atoms with Crippen LogP contribution in [0, 0.1) is 0 Å². The van der Waals surface area contributed by atoms with Gasteiger partial charge in [-0.25, -0.2) is 3.89 Å². The van der Waals surface area contributed by atoms with E-state index in [1.165, 1.54) is 5.06 Å². The highest BCUT2D eigenvalue weighted by Gasteiger charge is 2.31. The van der Waals surface area contributed by atoms with E-state index >= 15 is 0 Å². The molecular formula is C9H23N2O3S+. The van der Waals surface area contributed by atoms with Crippen molar-refractivity contribution in [2.24, 2.45) is 0 Å². The monoisotopic (exact) mass is 239 g/mol. The van der Waals surface area contributed by atoms with E-state index in [0.29, 0.717) is 26.2 Å². The quantitative estimate of drug-likeness (QED) is 0.396. The van der Waals surface area contributed by atoms with Crippen LogP contribution in [0.2, 0.25) is 0 Å². The minimum atomic E-state index is -1.89. The number of quaternary nitrogens is 1. The molecule has 92 valence electrons. The lowest BCUT2D eigenvalue weighted by Gasteiger charge is -2.32. The molecule has 0 radical (unpaired) electrons. The van der Waals surface area contributed by atoms with Crippen LogP contribution in [0.5, 0.6) is 0 Å². The lowest BCUT2D eigenvalue weighted by molar-refractivity contribution is -0.802. The van der Waals surface area contributed by atoms with Crippen LogP contribution in [0.4, 0.5) is 0 Å². The maximum Gasteiger partial charge on any atom is 0.358 e. The van der Waals surface area contributed by atoms with Gasteiger partial charge in [-0.3, -0.25) is 4.55 Å². The maximum atomic E-state index is 11.2. The zero-order valence-electron chi connectivity index (χ0n) is 10.0. The SMILES string of the molecule is CC[N+](CC)(CCN(O)C(C)C)S(=O)O. The summed E-state index contributed by atoms with van der Waals surface area (Å²) in [4.78, 5) is 0. The second-order valence-corrected chi connectivity index (χ2v) is 5.14. The van der Waals surface area contributed by atoms with Crippen molar-refractivity contribution < 1.29 is 17.9 Å². The molecule has 0 rings (SSSR count). The van der Waals surface area contributed by atoms with Crippen LogP contribution in [-0.4, -0.2) is 55.1 Å². The highest BCUT2D eigenvalue weighted by atomic mass is 32.2. The molecule has 5 nitrogen and oxygen atoms in total. The molecule has 0 aliphatic heterocycles. The van der Waals surface area contributed by atoms with E-state index in [2.05, 4.69) is 0 Å². The molecule has 0 aliphatic rings. The molecule has 0 aromatic rings. The van der Waals surface area contributed by atoms with Crippen LogP contribution in [0.3, 0.4) is 0 Å². The highest BCUT2D eigenvalue weighted by Crippen LogP contribution is 2.10. The average Bonchev–Trinajstić information content (AvgIpc) is 2.19. The summed E-state index contributed by atoms with van der Waals surface area (Å²) in [6, 6.07) is 0.0349. The van der Waals surface area contributed by atoms with Crippen LogP contribution in [0.25, 0.3) is 0 Å². The lowest BCUT2D eigenvalue weighted by Crippen LogP contribution is -2.52. The first-order chi connectivity index (χ1) is 6.89. The van der Waals surface area contributed by atoms with E-state index in [1.807, 2.05) is 27.7 Å². The van der Waals surface area contributed by atoms with E-state index in [4.69, 9.17) is 0 Å². The molecular weight excluding hydrogens is 216 g/mol. The minimum Gasteiger partial charge on any atom is -0.314 e. The molecule has 2 N–H and O–H groups in total. The molecule has 1 atom stereocenters. The van der Waals surface area contributed by atoms with Crippen molar-refractivity contribution in [3.8, 4) is 0 Å². The standard InChI is InChI=1S/C9H22N2O3S/c1-5-11(6-2,15(13)14)8-7-10(12)9(3)4/h9,12H,5-8H2,1-4H3/p+1. The Morgan fingerprint density at radius 1 is 1.33 bits per heavy atom. The van der Waals surface area contributed by atoms with Gasteiger partial charge in [0.2, 0.25) is 0 Å². The number of likely N-dealkylation sites (N-methyl/N-ethyl adjacent to an activating group) is 1. The third-order valence-electron chi connectivity index (χ3n) is 2.82. The zero-order chi connectivity index (χ0) is 12.1. The molecule has 0 aliphatic carbocycles. The number of hydroxylamine groups is 2. The van der Waals surface area contributed by atoms with Gasteiger partial charge in [-0.1, -0.05) is 0 Å². The fraction of sp³-hybridized carbons (Fsp3) is 1.00. The molecule has 6 heteroatoms. The van der Waals surface area contributed by atoms with Crippen molar-refractivity contribution in [2.45, 2.75) is 33.7 Å². The lowest BCUT2D eigenvalue weighted by atomic mass is 10.3. The van der Waals surface area contributed by atoms with Crippen LogP contribution in [0.1, 0.15) is 27.7 Å². The molecule has 0 heterocycles. The van der Waals surface area contributed by atoms with E-state index in [-0.39, 0.29) is 9.93 Å². The third kappa shape index (κ3) is 4.16. The number of hydrogen-bond donors (Lipinski definition) is 2. The van der Waals surface area contributed by atoms with Crippen molar-refractivity contribution in [1.82, 2.24) is 5.06 Å². The normalized spacial score (nSPS) is 14.9. The van der Waals surface area contributed by atoms with Gasteiger partial charge in [0.15, 0.2) is 0 Å². The summed E-state index contributed by atoms with van der Waals surface area (Å²) >= 11 is -1.89. The van der Waals surface area contributed by atoms with Gasteiger partial charge in [0.25, 0.3) is 0 Å². The summed E-state index contributed by atoms with van der Waals surface area (Å²) < 4.78 is 20.6. The molecule has 15 heavy (non-hydrogen) atoms. The van der Waals surface area contributed by atoms with Crippen LogP contribution >= 0.6 is 0 Å². The van der Waals surface area contributed by atoms with Gasteiger partial charge in [-0.2, -0.15) is 9.27 Å². The Morgan fingerprint density at radius 3 is 2.07 bits per heavy atom. The molecule has 0 amide bonds. The summed E-state index contributed by atoms with van der Waals surface area (Å²) in [7, 11) is 0. The highest BCUT2D eigenvalue weighted by molar-refractivity contribution is 7.73. The summed E-state index contributed by atoms with van der Waals surface area (Å²) in [5, 5.41) is 10.7. The van der Waals surface area contributed by atoms with E-state index in [0.717, 1.165) is 0 Å². The van der Waals surface area contributed by atoms with Crippen molar-refractivity contribution in [3.05, 3.63) is 0 Å². The second kappa shape index (κ2) is 6.55. The molecule has 0 saturated heterocycles. The predicted molar refractivity (Wildman–Crippen MR) is 60.6 cm³/mol. The van der Waals surface area contributed by atoms with Gasteiger partial charge in [0.05, 0.1) is 19.6 Å². The number of hydrogen-bond acceptors (Lipinski definition) is 3. The van der Waals surface area contributed by atoms with E-state index < -0.39 is 11.3 Å². The Balaban J connectivity index is 4.37. The summed E-state index contributed by atoms with van der Waals surface area (Å²) in [6.07, 6.45) is 0. The maximum absolute atomic E-state index is 11.2. The van der Waals surface area contributed by atoms with Crippen LogP contribution in [-0.2, 0) is 11.3 Å². The van der Waals surface area contributed by atoms with Crippen molar-refractivity contribution in [3.63, 3.8) is 0 Å². The fourth-order valence-corrected chi connectivity index (χ4v) is 2.06. The molecule has 0 aromatic heterocycles. The Hall–Kier alpha value is -0.0100. The molecule has 0 saturated carbocycles. The van der Waals surface area contributed by atoms with Gasteiger partial charge in [0.1, 0.15) is 6.54 Å². The van der Waals surface area contributed by atoms with Gasteiger partial charge < -0.3 is 5.21 Å². The number of nitrogens with zero attached hydrogens (tertiary/aromatic N) is 2. The summed E-state index contributed by atoms with van der Waals surface area (Å²) in [5.41, 5.74) is 0. The molecule has 0 spiro atoms. The Labute approximate surface area is 94.6 Å². The smallest absolute Gasteiger partial charge is 0.314 e. The van der Waals surface area contributed by atoms with Crippen molar-refractivity contribution in [1.29, 1.82) is 0 Å². The first kappa shape index (κ1) is 15.0. The van der Waals surface area contributed by atoms with Gasteiger partial charge in [0, 0.05) is 6.04 Å². The Kier molecular flexibility index (Phi) is 6.54. The first-order valence-corrected chi connectivity index (χ1v) is 6.39. The molecule has 0 fully saturated rings. The molecule has 1 unspecified atom stereocenters.